The Labute approximate surface area is 126 Å². The minimum absolute atomic E-state index is 0.0879. The van der Waals surface area contributed by atoms with Crippen molar-refractivity contribution in [2.45, 2.75) is 25.9 Å². The molecule has 21 heavy (non-hydrogen) atoms. The number of nitrogens with one attached hydrogen (secondary N) is 1. The second kappa shape index (κ2) is 4.59. The van der Waals surface area contributed by atoms with Crippen molar-refractivity contribution >= 4 is 16.3 Å². The van der Waals surface area contributed by atoms with Gasteiger partial charge in [-0.1, -0.05) is 11.3 Å². The van der Waals surface area contributed by atoms with Crippen LogP contribution in [0.4, 0.5) is 0 Å². The molecule has 4 heterocycles. The van der Waals surface area contributed by atoms with Gasteiger partial charge in [0, 0.05) is 31.2 Å². The number of fused-ring (bicyclic) bond motifs is 2. The molecule has 0 saturated carbocycles. The van der Waals surface area contributed by atoms with Crippen LogP contribution in [-0.4, -0.2) is 44.7 Å². The van der Waals surface area contributed by atoms with E-state index in [1.165, 1.54) is 15.9 Å². The Hall–Kier alpha value is -1.31. The van der Waals surface area contributed by atoms with Gasteiger partial charge >= 0.3 is 0 Å². The molecule has 0 radical (unpaired) electrons. The highest BCUT2D eigenvalue weighted by atomic mass is 32.1. The van der Waals surface area contributed by atoms with Crippen molar-refractivity contribution in [2.24, 2.45) is 11.8 Å². The number of nitrogens with zero attached hydrogens (tertiary/aromatic N) is 4. The number of hydrogen-bond donors (Lipinski definition) is 1. The van der Waals surface area contributed by atoms with E-state index in [2.05, 4.69) is 34.1 Å². The fourth-order valence-electron chi connectivity index (χ4n) is 3.85. The van der Waals surface area contributed by atoms with Crippen LogP contribution in [0.25, 0.3) is 4.96 Å². The Morgan fingerprint density at radius 2 is 2.33 bits per heavy atom. The number of hydrogen-bond acceptors (Lipinski definition) is 6. The topological polar surface area (TPSA) is 62.5 Å². The zero-order chi connectivity index (χ0) is 14.6. The van der Waals surface area contributed by atoms with Crippen LogP contribution in [0.1, 0.15) is 19.5 Å². The summed E-state index contributed by atoms with van der Waals surface area (Å²) in [6.45, 7) is 8.64. The Kier molecular flexibility index (Phi) is 2.92. The molecule has 6 nitrogen and oxygen atoms in total. The van der Waals surface area contributed by atoms with Crippen molar-refractivity contribution in [2.75, 3.05) is 19.6 Å². The predicted octanol–water partition coefficient (Wildman–Crippen LogP) is 0.581. The highest BCUT2D eigenvalue weighted by Gasteiger charge is 2.49. The zero-order valence-corrected chi connectivity index (χ0v) is 13.1. The van der Waals surface area contributed by atoms with Gasteiger partial charge in [-0.2, -0.15) is 9.61 Å². The first-order valence-electron chi connectivity index (χ1n) is 7.34. The summed E-state index contributed by atoms with van der Waals surface area (Å²) in [5.41, 5.74) is 2.57. The van der Waals surface area contributed by atoms with Crippen molar-refractivity contribution < 1.29 is 0 Å². The number of rotatable bonds is 2. The van der Waals surface area contributed by atoms with E-state index < -0.39 is 0 Å². The van der Waals surface area contributed by atoms with E-state index in [0.717, 1.165) is 31.9 Å². The Morgan fingerprint density at radius 3 is 3.14 bits per heavy atom. The van der Waals surface area contributed by atoms with Gasteiger partial charge in [0.25, 0.3) is 5.56 Å². The van der Waals surface area contributed by atoms with Gasteiger partial charge in [0.2, 0.25) is 4.96 Å². The molecule has 2 aromatic heterocycles. The first-order chi connectivity index (χ1) is 10.1. The molecule has 1 N–H and O–H groups in total. The molecular weight excluding hydrogens is 286 g/mol. The van der Waals surface area contributed by atoms with Crippen LogP contribution in [0.15, 0.2) is 16.4 Å². The van der Waals surface area contributed by atoms with Gasteiger partial charge in [-0.15, -0.1) is 0 Å². The Balaban J connectivity index is 1.64. The van der Waals surface area contributed by atoms with E-state index in [1.807, 2.05) is 0 Å². The molecular formula is C14H19N5OS. The van der Waals surface area contributed by atoms with Gasteiger partial charge < -0.3 is 5.32 Å². The Bertz CT molecular complexity index is 736. The van der Waals surface area contributed by atoms with Crippen molar-refractivity contribution in [3.63, 3.8) is 0 Å². The highest BCUT2D eigenvalue weighted by Crippen LogP contribution is 2.41. The SMILES string of the molecule is CC1(C)C2CNCC2CN1Cc1cc(=O)n2ncsc2n1. The summed E-state index contributed by atoms with van der Waals surface area (Å²) >= 11 is 1.40. The lowest BCUT2D eigenvalue weighted by molar-refractivity contribution is 0.130. The molecule has 2 saturated heterocycles. The van der Waals surface area contributed by atoms with E-state index in [9.17, 15) is 4.79 Å². The monoisotopic (exact) mass is 305 g/mol. The van der Waals surface area contributed by atoms with Crippen molar-refractivity contribution in [1.82, 2.24) is 24.8 Å². The lowest BCUT2D eigenvalue weighted by atomic mass is 9.85. The molecule has 2 unspecified atom stereocenters. The molecule has 2 atom stereocenters. The second-order valence-electron chi connectivity index (χ2n) is 6.58. The van der Waals surface area contributed by atoms with Crippen LogP contribution < -0.4 is 10.9 Å². The van der Waals surface area contributed by atoms with E-state index in [-0.39, 0.29) is 11.1 Å². The van der Waals surface area contributed by atoms with Gasteiger partial charge in [-0.3, -0.25) is 9.69 Å². The van der Waals surface area contributed by atoms with Crippen molar-refractivity contribution in [1.29, 1.82) is 0 Å². The molecule has 0 bridgehead atoms. The van der Waals surface area contributed by atoms with Crippen molar-refractivity contribution in [3.8, 4) is 0 Å². The second-order valence-corrected chi connectivity index (χ2v) is 7.39. The largest absolute Gasteiger partial charge is 0.316 e. The molecule has 7 heteroatoms. The van der Waals surface area contributed by atoms with Crippen LogP contribution in [0.5, 0.6) is 0 Å². The minimum atomic E-state index is -0.0879. The molecule has 2 aliphatic heterocycles. The van der Waals surface area contributed by atoms with Gasteiger partial charge in [-0.25, -0.2) is 4.98 Å². The lowest BCUT2D eigenvalue weighted by Crippen LogP contribution is -2.44. The van der Waals surface area contributed by atoms with Crippen LogP contribution >= 0.6 is 11.3 Å². The first kappa shape index (κ1) is 13.4. The number of aromatic nitrogens is 3. The molecule has 0 amide bonds. The third-order valence-electron chi connectivity index (χ3n) is 5.11. The first-order valence-corrected chi connectivity index (χ1v) is 8.22. The number of likely N-dealkylation sites (tertiary alicyclic amines) is 1. The van der Waals surface area contributed by atoms with Crippen LogP contribution in [0.3, 0.4) is 0 Å². The maximum Gasteiger partial charge on any atom is 0.275 e. The molecule has 2 fully saturated rings. The summed E-state index contributed by atoms with van der Waals surface area (Å²) in [5.74, 6) is 1.40. The van der Waals surface area contributed by atoms with E-state index in [0.29, 0.717) is 16.8 Å². The summed E-state index contributed by atoms with van der Waals surface area (Å²) in [7, 11) is 0. The average Bonchev–Trinajstić information content (AvgIpc) is 3.09. The smallest absolute Gasteiger partial charge is 0.275 e. The maximum atomic E-state index is 12.0. The third-order valence-corrected chi connectivity index (χ3v) is 5.78. The van der Waals surface area contributed by atoms with Gasteiger partial charge in [-0.05, 0) is 32.2 Å². The van der Waals surface area contributed by atoms with Crippen molar-refractivity contribution in [3.05, 3.63) is 27.6 Å². The molecule has 2 aromatic rings. The Morgan fingerprint density at radius 1 is 1.48 bits per heavy atom. The van der Waals surface area contributed by atoms with Crippen LogP contribution in [-0.2, 0) is 6.54 Å². The average molecular weight is 305 g/mol. The molecule has 0 aromatic carbocycles. The molecule has 0 aliphatic carbocycles. The lowest BCUT2D eigenvalue weighted by Gasteiger charge is -2.35. The zero-order valence-electron chi connectivity index (χ0n) is 12.2. The fourth-order valence-corrected chi connectivity index (χ4v) is 4.49. The standard InChI is InChI=1S/C14H19N5OS/c1-14(2)11-5-15-4-9(11)6-18(14)7-10-3-12(20)19-13(17-10)21-8-16-19/h3,8-9,11,15H,4-7H2,1-2H3. The highest BCUT2D eigenvalue weighted by molar-refractivity contribution is 7.14. The van der Waals surface area contributed by atoms with E-state index in [4.69, 9.17) is 0 Å². The summed E-state index contributed by atoms with van der Waals surface area (Å²) in [6, 6.07) is 1.62. The normalized spacial score (nSPS) is 28.3. The van der Waals surface area contributed by atoms with Gasteiger partial charge in [0.05, 0.1) is 5.69 Å². The minimum Gasteiger partial charge on any atom is -0.316 e. The van der Waals surface area contributed by atoms with Crippen LogP contribution in [0.2, 0.25) is 0 Å². The maximum absolute atomic E-state index is 12.0. The molecule has 112 valence electrons. The summed E-state index contributed by atoms with van der Waals surface area (Å²) in [5, 5.41) is 7.50. The quantitative estimate of drug-likeness (QED) is 0.879. The third kappa shape index (κ3) is 2.03. The molecule has 2 aliphatic rings. The van der Waals surface area contributed by atoms with Gasteiger partial charge in [0.15, 0.2) is 0 Å². The summed E-state index contributed by atoms with van der Waals surface area (Å²) < 4.78 is 1.36. The summed E-state index contributed by atoms with van der Waals surface area (Å²) in [4.78, 5) is 19.8. The molecule has 4 rings (SSSR count). The van der Waals surface area contributed by atoms with E-state index >= 15 is 0 Å². The van der Waals surface area contributed by atoms with E-state index in [1.54, 1.807) is 11.6 Å². The molecule has 0 spiro atoms. The predicted molar refractivity (Wildman–Crippen MR) is 81.5 cm³/mol. The van der Waals surface area contributed by atoms with Crippen LogP contribution in [0, 0.1) is 11.8 Å². The fraction of sp³-hybridized carbons (Fsp3) is 0.643. The van der Waals surface area contributed by atoms with Gasteiger partial charge in [0.1, 0.15) is 5.51 Å². The summed E-state index contributed by atoms with van der Waals surface area (Å²) in [6.07, 6.45) is 0.